The normalized spacial score (nSPS) is 8.81. The van der Waals surface area contributed by atoms with Gasteiger partial charge in [-0.3, -0.25) is 4.79 Å². The van der Waals surface area contributed by atoms with Crippen LogP contribution in [0.4, 0.5) is 0 Å². The van der Waals surface area contributed by atoms with Crippen molar-refractivity contribution in [1.29, 1.82) is 0 Å². The Labute approximate surface area is 173 Å². The highest BCUT2D eigenvalue weighted by atomic mass is 16.1. The zero-order valence-corrected chi connectivity index (χ0v) is 20.9. The molecule has 0 amide bonds. The summed E-state index contributed by atoms with van der Waals surface area (Å²) in [5, 5.41) is 0. The minimum absolute atomic E-state index is 0.213. The lowest BCUT2D eigenvalue weighted by Crippen LogP contribution is -1.98. The van der Waals surface area contributed by atoms with Crippen LogP contribution in [0.3, 0.4) is 0 Å². The number of carbonyl (C=O) groups is 1. The van der Waals surface area contributed by atoms with Crippen LogP contribution in [0.1, 0.15) is 113 Å². The summed E-state index contributed by atoms with van der Waals surface area (Å²) in [7, 11) is 0. The second-order valence-corrected chi connectivity index (χ2v) is 7.00. The van der Waals surface area contributed by atoms with Gasteiger partial charge >= 0.3 is 0 Å². The first-order valence-corrected chi connectivity index (χ1v) is 11.3. The van der Waals surface area contributed by atoms with Gasteiger partial charge in [-0.15, -0.1) is 0 Å². The average Bonchev–Trinajstić information content (AvgIpc) is 2.66. The Kier molecular flexibility index (Phi) is 33.6. The molecule has 1 rings (SSSR count). The van der Waals surface area contributed by atoms with Crippen molar-refractivity contribution in [3.05, 3.63) is 35.4 Å². The first kappa shape index (κ1) is 33.5. The largest absolute Gasteiger partial charge is 0.300 e. The molecule has 1 heteroatoms. The summed E-state index contributed by atoms with van der Waals surface area (Å²) in [6.45, 7) is 24.5. The van der Waals surface area contributed by atoms with Crippen LogP contribution in [0.25, 0.3) is 0 Å². The molecular weight excluding hydrogens is 328 g/mol. The number of aryl methyl sites for hydroxylation is 2. The van der Waals surface area contributed by atoms with Crippen molar-refractivity contribution in [2.24, 2.45) is 11.8 Å². The molecule has 0 aliphatic rings. The summed E-state index contributed by atoms with van der Waals surface area (Å²) >= 11 is 0. The fraction of sp³-hybridized carbons (Fsp3) is 0.731. The number of ketones is 1. The predicted octanol–water partition coefficient (Wildman–Crippen LogP) is 9.06. The van der Waals surface area contributed by atoms with Gasteiger partial charge in [-0.1, -0.05) is 125 Å². The molecule has 1 nitrogen and oxygen atoms in total. The Morgan fingerprint density at radius 2 is 1.41 bits per heavy atom. The van der Waals surface area contributed by atoms with Crippen LogP contribution in [-0.2, 0) is 11.2 Å². The van der Waals surface area contributed by atoms with E-state index in [1.165, 1.54) is 36.8 Å². The molecule has 0 aromatic heterocycles. The van der Waals surface area contributed by atoms with E-state index in [9.17, 15) is 4.79 Å². The molecule has 0 saturated heterocycles. The Morgan fingerprint density at radius 3 is 1.67 bits per heavy atom. The first-order valence-electron chi connectivity index (χ1n) is 11.3. The monoisotopic (exact) mass is 380 g/mol. The van der Waals surface area contributed by atoms with E-state index in [1.807, 2.05) is 41.5 Å². The van der Waals surface area contributed by atoms with E-state index in [2.05, 4.69) is 58.9 Å². The topological polar surface area (TPSA) is 17.1 Å². The van der Waals surface area contributed by atoms with Crippen LogP contribution in [0.2, 0.25) is 0 Å². The van der Waals surface area contributed by atoms with Crippen molar-refractivity contribution in [3.63, 3.8) is 0 Å². The molecule has 0 aliphatic heterocycles. The maximum absolute atomic E-state index is 10.1. The van der Waals surface area contributed by atoms with E-state index in [-0.39, 0.29) is 11.7 Å². The number of hydrogen-bond acceptors (Lipinski definition) is 1. The fourth-order valence-corrected chi connectivity index (χ4v) is 1.73. The highest BCUT2D eigenvalue weighted by molar-refractivity contribution is 5.77. The van der Waals surface area contributed by atoms with Gasteiger partial charge in [-0.2, -0.15) is 0 Å². The Bertz CT molecular complexity index is 391. The van der Waals surface area contributed by atoms with Crippen LogP contribution >= 0.6 is 0 Å². The van der Waals surface area contributed by atoms with E-state index in [1.54, 1.807) is 6.92 Å². The maximum Gasteiger partial charge on any atom is 0.132 e. The van der Waals surface area contributed by atoms with Gasteiger partial charge in [0, 0.05) is 5.92 Å². The van der Waals surface area contributed by atoms with E-state index in [0.717, 1.165) is 12.3 Å². The molecule has 1 aromatic rings. The second-order valence-electron chi connectivity index (χ2n) is 7.00. The zero-order valence-electron chi connectivity index (χ0n) is 20.9. The minimum atomic E-state index is 0.213. The lowest BCUT2D eigenvalue weighted by atomic mass is 10.1. The molecule has 0 N–H and O–H groups in total. The standard InChI is InChI=1S/C9H12.C8H18.C5H10O.2C2H6/c1-3-9-6-4-5-8(2)7-9;1-4-5-6-7-8(2)3;1-4(2)5(3)6;2*1-2/h4-7H,3H2,1-2H3;8H,4-7H2,1-3H3;4H,1-3H3;2*1-2H3. The van der Waals surface area contributed by atoms with Crippen LogP contribution in [0, 0.1) is 18.8 Å². The molecule has 0 unspecified atom stereocenters. The molecule has 0 bridgehead atoms. The van der Waals surface area contributed by atoms with Crippen molar-refractivity contribution in [2.45, 2.75) is 115 Å². The van der Waals surface area contributed by atoms with Gasteiger partial charge in [0.05, 0.1) is 0 Å². The predicted molar refractivity (Wildman–Crippen MR) is 128 cm³/mol. The van der Waals surface area contributed by atoms with Gasteiger partial charge in [0.1, 0.15) is 5.78 Å². The molecule has 162 valence electrons. The lowest BCUT2D eigenvalue weighted by Gasteiger charge is -2.00. The molecule has 0 fully saturated rings. The third-order valence-corrected chi connectivity index (χ3v) is 3.69. The van der Waals surface area contributed by atoms with Crippen LogP contribution in [0.5, 0.6) is 0 Å². The molecule has 0 spiro atoms. The number of rotatable bonds is 6. The molecule has 0 atom stereocenters. The van der Waals surface area contributed by atoms with Gasteiger partial charge < -0.3 is 0 Å². The summed E-state index contributed by atoms with van der Waals surface area (Å²) < 4.78 is 0. The van der Waals surface area contributed by atoms with Crippen LogP contribution < -0.4 is 0 Å². The summed E-state index contributed by atoms with van der Waals surface area (Å²) in [5.74, 6) is 1.38. The summed E-state index contributed by atoms with van der Waals surface area (Å²) in [6.07, 6.45) is 6.74. The quantitative estimate of drug-likeness (QED) is 0.450. The highest BCUT2D eigenvalue weighted by Gasteiger charge is 1.95. The van der Waals surface area contributed by atoms with Gasteiger partial charge in [-0.25, -0.2) is 0 Å². The molecule has 0 heterocycles. The summed E-state index contributed by atoms with van der Waals surface area (Å²) in [5.41, 5.74) is 2.78. The minimum Gasteiger partial charge on any atom is -0.300 e. The Morgan fingerprint density at radius 1 is 0.926 bits per heavy atom. The van der Waals surface area contributed by atoms with Gasteiger partial charge in [0.2, 0.25) is 0 Å². The molecule has 27 heavy (non-hydrogen) atoms. The van der Waals surface area contributed by atoms with Crippen LogP contribution in [-0.4, -0.2) is 5.78 Å². The van der Waals surface area contributed by atoms with Crippen molar-refractivity contribution < 1.29 is 4.79 Å². The van der Waals surface area contributed by atoms with E-state index in [4.69, 9.17) is 0 Å². The van der Waals surface area contributed by atoms with Gasteiger partial charge in [0.25, 0.3) is 0 Å². The number of benzene rings is 1. The second kappa shape index (κ2) is 27.1. The van der Waals surface area contributed by atoms with Crippen molar-refractivity contribution in [2.75, 3.05) is 0 Å². The number of hydrogen-bond donors (Lipinski definition) is 0. The molecule has 0 radical (unpaired) electrons. The number of Topliss-reactive ketones (excluding diaryl/α,β-unsaturated/α-hetero) is 1. The molecule has 0 saturated carbocycles. The van der Waals surface area contributed by atoms with Crippen molar-refractivity contribution in [1.82, 2.24) is 0 Å². The van der Waals surface area contributed by atoms with E-state index < -0.39 is 0 Å². The average molecular weight is 381 g/mol. The Hall–Kier alpha value is -1.11. The third-order valence-electron chi connectivity index (χ3n) is 3.69. The summed E-state index contributed by atoms with van der Waals surface area (Å²) in [6, 6.07) is 8.61. The maximum atomic E-state index is 10.1. The van der Waals surface area contributed by atoms with Crippen LogP contribution in [0.15, 0.2) is 24.3 Å². The van der Waals surface area contributed by atoms with E-state index in [0.29, 0.717) is 0 Å². The lowest BCUT2D eigenvalue weighted by molar-refractivity contribution is -0.119. The summed E-state index contributed by atoms with van der Waals surface area (Å²) in [4.78, 5) is 10.1. The Balaban J connectivity index is -0.000000136. The fourth-order valence-electron chi connectivity index (χ4n) is 1.73. The van der Waals surface area contributed by atoms with E-state index >= 15 is 0 Å². The molecular formula is C26H52O. The van der Waals surface area contributed by atoms with Gasteiger partial charge in [-0.05, 0) is 31.7 Å². The SMILES string of the molecule is CC.CC.CC(=O)C(C)C.CCCCCC(C)C.CCc1cccc(C)c1. The number of carbonyl (C=O) groups excluding carboxylic acids is 1. The first-order chi connectivity index (χ1) is 12.7. The van der Waals surface area contributed by atoms with Crippen molar-refractivity contribution in [3.8, 4) is 0 Å². The highest BCUT2D eigenvalue weighted by Crippen LogP contribution is 2.06. The van der Waals surface area contributed by atoms with Crippen molar-refractivity contribution >= 4 is 5.78 Å². The molecule has 1 aromatic carbocycles. The molecule has 0 aliphatic carbocycles. The smallest absolute Gasteiger partial charge is 0.132 e. The number of unbranched alkanes of at least 4 members (excludes halogenated alkanes) is 2. The zero-order chi connectivity index (χ0) is 22.3. The third kappa shape index (κ3) is 33.0. The van der Waals surface area contributed by atoms with Gasteiger partial charge in [0.15, 0.2) is 0 Å².